The van der Waals surface area contributed by atoms with Gasteiger partial charge in [0.1, 0.15) is 0 Å². The van der Waals surface area contributed by atoms with Gasteiger partial charge >= 0.3 is 0 Å². The van der Waals surface area contributed by atoms with Gasteiger partial charge in [0.15, 0.2) is 0 Å². The molecule has 0 amide bonds. The first-order chi connectivity index (χ1) is 5.75. The Labute approximate surface area is 73.4 Å². The molecule has 64 valence electrons. The highest BCUT2D eigenvalue weighted by Crippen LogP contribution is 2.14. The second kappa shape index (κ2) is 4.00. The first-order valence-electron chi connectivity index (χ1n) is 4.19. The van der Waals surface area contributed by atoms with Crippen LogP contribution in [0.5, 0.6) is 0 Å². The zero-order chi connectivity index (χ0) is 8.97. The van der Waals surface area contributed by atoms with Crippen molar-refractivity contribution in [3.63, 3.8) is 0 Å². The normalized spacial score (nSPS) is 11.3. The Morgan fingerprint density at radius 3 is 2.50 bits per heavy atom. The van der Waals surface area contributed by atoms with Crippen molar-refractivity contribution in [2.75, 3.05) is 0 Å². The van der Waals surface area contributed by atoms with E-state index in [1.54, 1.807) is 12.4 Å². The lowest BCUT2D eigenvalue weighted by Crippen LogP contribution is -1.97. The van der Waals surface area contributed by atoms with Crippen LogP contribution in [0.15, 0.2) is 18.5 Å². The maximum Gasteiger partial charge on any atom is 0.0844 e. The molecule has 0 fully saturated rings. The third kappa shape index (κ3) is 1.91. The number of nitrogens with zero attached hydrogens (tertiary/aromatic N) is 2. The van der Waals surface area contributed by atoms with Gasteiger partial charge in [0.05, 0.1) is 11.4 Å². The molecule has 0 aliphatic carbocycles. The molecule has 0 radical (unpaired) electrons. The molecule has 0 atom stereocenters. The van der Waals surface area contributed by atoms with Crippen molar-refractivity contribution in [3.05, 3.63) is 29.9 Å². The lowest BCUT2D eigenvalue weighted by molar-refractivity contribution is 0.807. The van der Waals surface area contributed by atoms with Gasteiger partial charge < -0.3 is 0 Å². The molecule has 0 spiro atoms. The Hall–Kier alpha value is -1.18. The second-order valence-electron chi connectivity index (χ2n) is 2.98. The van der Waals surface area contributed by atoms with Crippen molar-refractivity contribution in [2.24, 2.45) is 0 Å². The van der Waals surface area contributed by atoms with E-state index in [2.05, 4.69) is 23.8 Å². The van der Waals surface area contributed by atoms with Crippen LogP contribution in [-0.4, -0.2) is 9.97 Å². The molecule has 0 N–H and O–H groups in total. The second-order valence-corrected chi connectivity index (χ2v) is 2.98. The summed E-state index contributed by atoms with van der Waals surface area (Å²) in [6, 6.07) is 0. The predicted molar refractivity (Wildman–Crippen MR) is 50.8 cm³/mol. The van der Waals surface area contributed by atoms with E-state index in [9.17, 15) is 0 Å². The first-order valence-corrected chi connectivity index (χ1v) is 4.19. The molecular weight excluding hydrogens is 148 g/mol. The quantitative estimate of drug-likeness (QED) is 0.668. The summed E-state index contributed by atoms with van der Waals surface area (Å²) in [5, 5.41) is 0. The third-order valence-corrected chi connectivity index (χ3v) is 1.63. The van der Waals surface area contributed by atoms with Crippen molar-refractivity contribution in [1.82, 2.24) is 9.97 Å². The van der Waals surface area contributed by atoms with E-state index in [-0.39, 0.29) is 0 Å². The van der Waals surface area contributed by atoms with Crippen molar-refractivity contribution >= 4 is 6.08 Å². The fourth-order valence-electron chi connectivity index (χ4n) is 1.09. The maximum absolute atomic E-state index is 4.28. The lowest BCUT2D eigenvalue weighted by atomic mass is 10.1. The molecule has 0 bridgehead atoms. The van der Waals surface area contributed by atoms with Gasteiger partial charge in [-0.15, -0.1) is 0 Å². The summed E-state index contributed by atoms with van der Waals surface area (Å²) in [4.78, 5) is 8.52. The zero-order valence-electron chi connectivity index (χ0n) is 7.78. The SMILES string of the molecule is CC=Cc1nccnc1C(C)C. The van der Waals surface area contributed by atoms with E-state index in [1.807, 2.05) is 19.1 Å². The van der Waals surface area contributed by atoms with Crippen molar-refractivity contribution in [1.29, 1.82) is 0 Å². The fourth-order valence-corrected chi connectivity index (χ4v) is 1.09. The fraction of sp³-hybridized carbons (Fsp3) is 0.400. The van der Waals surface area contributed by atoms with Gasteiger partial charge in [-0.2, -0.15) is 0 Å². The van der Waals surface area contributed by atoms with Crippen LogP contribution in [0.3, 0.4) is 0 Å². The van der Waals surface area contributed by atoms with Crippen LogP contribution in [0.2, 0.25) is 0 Å². The molecule has 0 unspecified atom stereocenters. The lowest BCUT2D eigenvalue weighted by Gasteiger charge is -2.05. The highest BCUT2D eigenvalue weighted by molar-refractivity contribution is 5.47. The third-order valence-electron chi connectivity index (χ3n) is 1.63. The van der Waals surface area contributed by atoms with Crippen LogP contribution in [0, 0.1) is 0 Å². The van der Waals surface area contributed by atoms with Crippen LogP contribution < -0.4 is 0 Å². The minimum atomic E-state index is 0.435. The molecule has 0 saturated heterocycles. The van der Waals surface area contributed by atoms with Gasteiger partial charge in [-0.3, -0.25) is 9.97 Å². The molecule has 1 aromatic rings. The number of aromatic nitrogens is 2. The van der Waals surface area contributed by atoms with Crippen LogP contribution >= 0.6 is 0 Å². The van der Waals surface area contributed by atoms with Crippen molar-refractivity contribution in [2.45, 2.75) is 26.7 Å². The molecule has 0 aromatic carbocycles. The van der Waals surface area contributed by atoms with E-state index in [0.29, 0.717) is 5.92 Å². The molecule has 12 heavy (non-hydrogen) atoms. The van der Waals surface area contributed by atoms with E-state index < -0.39 is 0 Å². The molecule has 2 nitrogen and oxygen atoms in total. The summed E-state index contributed by atoms with van der Waals surface area (Å²) < 4.78 is 0. The number of rotatable bonds is 2. The Bertz CT molecular complexity index is 277. The molecule has 2 heteroatoms. The maximum atomic E-state index is 4.28. The highest BCUT2D eigenvalue weighted by atomic mass is 14.8. The molecular formula is C10H14N2. The topological polar surface area (TPSA) is 25.8 Å². The molecule has 1 aromatic heterocycles. The number of hydrogen-bond acceptors (Lipinski definition) is 2. The largest absolute Gasteiger partial charge is 0.257 e. The van der Waals surface area contributed by atoms with Crippen LogP contribution in [0.25, 0.3) is 6.08 Å². The number of hydrogen-bond donors (Lipinski definition) is 0. The summed E-state index contributed by atoms with van der Waals surface area (Å²) in [5.74, 6) is 0.435. The Morgan fingerprint density at radius 1 is 1.25 bits per heavy atom. The molecule has 0 aliphatic rings. The minimum absolute atomic E-state index is 0.435. The Balaban J connectivity index is 3.08. The van der Waals surface area contributed by atoms with Gasteiger partial charge in [-0.1, -0.05) is 19.9 Å². The van der Waals surface area contributed by atoms with Gasteiger partial charge in [0.2, 0.25) is 0 Å². The Morgan fingerprint density at radius 2 is 1.92 bits per heavy atom. The van der Waals surface area contributed by atoms with E-state index in [1.165, 1.54) is 0 Å². The van der Waals surface area contributed by atoms with E-state index in [0.717, 1.165) is 11.4 Å². The zero-order valence-corrected chi connectivity index (χ0v) is 7.78. The molecule has 1 rings (SSSR count). The van der Waals surface area contributed by atoms with Crippen molar-refractivity contribution < 1.29 is 0 Å². The molecule has 0 aliphatic heterocycles. The summed E-state index contributed by atoms with van der Waals surface area (Å²) in [7, 11) is 0. The van der Waals surface area contributed by atoms with E-state index >= 15 is 0 Å². The first kappa shape index (κ1) is 8.91. The van der Waals surface area contributed by atoms with Gasteiger partial charge in [-0.05, 0) is 18.9 Å². The van der Waals surface area contributed by atoms with Gasteiger partial charge in [0, 0.05) is 12.4 Å². The predicted octanol–water partition coefficient (Wildman–Crippen LogP) is 2.63. The summed E-state index contributed by atoms with van der Waals surface area (Å²) >= 11 is 0. The monoisotopic (exact) mass is 162 g/mol. The smallest absolute Gasteiger partial charge is 0.0844 e. The average molecular weight is 162 g/mol. The molecule has 1 heterocycles. The van der Waals surface area contributed by atoms with Crippen LogP contribution in [0.1, 0.15) is 38.1 Å². The molecule has 0 saturated carbocycles. The van der Waals surface area contributed by atoms with Crippen molar-refractivity contribution in [3.8, 4) is 0 Å². The Kier molecular flexibility index (Phi) is 2.97. The summed E-state index contributed by atoms with van der Waals surface area (Å²) in [6.45, 7) is 6.23. The minimum Gasteiger partial charge on any atom is -0.257 e. The standard InChI is InChI=1S/C10H14N2/c1-4-5-9-10(8(2)3)12-7-6-11-9/h4-8H,1-3H3. The average Bonchev–Trinajstić information content (AvgIpc) is 2.05. The summed E-state index contributed by atoms with van der Waals surface area (Å²) in [6.07, 6.45) is 7.43. The van der Waals surface area contributed by atoms with Crippen LogP contribution in [-0.2, 0) is 0 Å². The number of allylic oxidation sites excluding steroid dienone is 1. The van der Waals surface area contributed by atoms with Crippen LogP contribution in [0.4, 0.5) is 0 Å². The summed E-state index contributed by atoms with van der Waals surface area (Å²) in [5.41, 5.74) is 2.05. The van der Waals surface area contributed by atoms with Gasteiger partial charge in [0.25, 0.3) is 0 Å². The van der Waals surface area contributed by atoms with Gasteiger partial charge in [-0.25, -0.2) is 0 Å². The highest BCUT2D eigenvalue weighted by Gasteiger charge is 2.04. The van der Waals surface area contributed by atoms with E-state index in [4.69, 9.17) is 0 Å².